The maximum absolute atomic E-state index is 12.5. The number of anilines is 1. The summed E-state index contributed by atoms with van der Waals surface area (Å²) < 4.78 is 5.57. The SMILES string of the molecule is CC(C)(C)NC(=O)c1ccccc1NC(=O)c1cc2ccccc2o1. The second-order valence-electron chi connectivity index (χ2n) is 6.85. The zero-order valence-electron chi connectivity index (χ0n) is 14.4. The molecule has 128 valence electrons. The highest BCUT2D eigenvalue weighted by Gasteiger charge is 2.20. The third-order valence-corrected chi connectivity index (χ3v) is 3.56. The van der Waals surface area contributed by atoms with Crippen molar-refractivity contribution >= 4 is 28.5 Å². The molecule has 2 N–H and O–H groups in total. The molecule has 0 saturated heterocycles. The van der Waals surface area contributed by atoms with Gasteiger partial charge >= 0.3 is 0 Å². The van der Waals surface area contributed by atoms with Crippen molar-refractivity contribution in [1.82, 2.24) is 5.32 Å². The lowest BCUT2D eigenvalue weighted by molar-refractivity contribution is 0.0920. The summed E-state index contributed by atoms with van der Waals surface area (Å²) in [6, 6.07) is 16.0. The van der Waals surface area contributed by atoms with Crippen LogP contribution < -0.4 is 10.6 Å². The summed E-state index contributed by atoms with van der Waals surface area (Å²) in [4.78, 5) is 25.0. The second kappa shape index (κ2) is 6.43. The molecule has 0 radical (unpaired) electrons. The van der Waals surface area contributed by atoms with E-state index in [0.717, 1.165) is 5.39 Å². The minimum Gasteiger partial charge on any atom is -0.451 e. The smallest absolute Gasteiger partial charge is 0.291 e. The lowest BCUT2D eigenvalue weighted by Gasteiger charge is -2.21. The fourth-order valence-corrected chi connectivity index (χ4v) is 2.48. The van der Waals surface area contributed by atoms with E-state index in [-0.39, 0.29) is 17.2 Å². The minimum atomic E-state index is -0.396. The number of fused-ring (bicyclic) bond motifs is 1. The van der Waals surface area contributed by atoms with Crippen molar-refractivity contribution in [2.45, 2.75) is 26.3 Å². The first-order valence-corrected chi connectivity index (χ1v) is 8.05. The van der Waals surface area contributed by atoms with Crippen molar-refractivity contribution in [3.8, 4) is 0 Å². The predicted octanol–water partition coefficient (Wildman–Crippen LogP) is 4.21. The molecule has 0 aliphatic rings. The summed E-state index contributed by atoms with van der Waals surface area (Å²) >= 11 is 0. The Bertz CT molecular complexity index is 902. The van der Waals surface area contributed by atoms with Gasteiger partial charge in [-0.1, -0.05) is 30.3 Å². The van der Waals surface area contributed by atoms with Crippen LogP contribution in [0.25, 0.3) is 11.0 Å². The van der Waals surface area contributed by atoms with Crippen LogP contribution in [-0.4, -0.2) is 17.4 Å². The molecule has 3 rings (SSSR count). The Labute approximate surface area is 146 Å². The monoisotopic (exact) mass is 336 g/mol. The van der Waals surface area contributed by atoms with Gasteiger partial charge in [0.25, 0.3) is 11.8 Å². The van der Waals surface area contributed by atoms with E-state index in [4.69, 9.17) is 4.42 Å². The average Bonchev–Trinajstić information content (AvgIpc) is 2.98. The van der Waals surface area contributed by atoms with Crippen molar-refractivity contribution in [2.75, 3.05) is 5.32 Å². The first-order valence-electron chi connectivity index (χ1n) is 8.05. The standard InChI is InChI=1S/C20H20N2O3/c1-20(2,3)22-18(23)14-9-5-6-10-15(14)21-19(24)17-12-13-8-4-7-11-16(13)25-17/h4-12H,1-3H3,(H,21,24)(H,22,23). The first kappa shape index (κ1) is 16.8. The van der Waals surface area contributed by atoms with Crippen LogP contribution in [-0.2, 0) is 0 Å². The molecule has 0 bridgehead atoms. The highest BCUT2D eigenvalue weighted by Crippen LogP contribution is 2.21. The second-order valence-corrected chi connectivity index (χ2v) is 6.85. The van der Waals surface area contributed by atoms with Crippen LogP contribution in [0.2, 0.25) is 0 Å². The number of rotatable bonds is 3. The van der Waals surface area contributed by atoms with Crippen molar-refractivity contribution in [1.29, 1.82) is 0 Å². The highest BCUT2D eigenvalue weighted by molar-refractivity contribution is 6.09. The zero-order chi connectivity index (χ0) is 18.0. The predicted molar refractivity (Wildman–Crippen MR) is 97.8 cm³/mol. The quantitative estimate of drug-likeness (QED) is 0.752. The van der Waals surface area contributed by atoms with Crippen molar-refractivity contribution < 1.29 is 14.0 Å². The maximum Gasteiger partial charge on any atom is 0.291 e. The Morgan fingerprint density at radius 3 is 2.32 bits per heavy atom. The number of hydrogen-bond acceptors (Lipinski definition) is 3. The number of benzene rings is 2. The van der Waals surface area contributed by atoms with Crippen LogP contribution in [0.5, 0.6) is 0 Å². The van der Waals surface area contributed by atoms with Gasteiger partial charge in [-0.25, -0.2) is 0 Å². The molecule has 0 spiro atoms. The number of hydrogen-bond donors (Lipinski definition) is 2. The van der Waals surface area contributed by atoms with E-state index >= 15 is 0 Å². The zero-order valence-corrected chi connectivity index (χ0v) is 14.4. The third kappa shape index (κ3) is 3.88. The van der Waals surface area contributed by atoms with Gasteiger partial charge in [-0.05, 0) is 45.0 Å². The Balaban J connectivity index is 1.85. The van der Waals surface area contributed by atoms with Crippen molar-refractivity contribution in [3.05, 3.63) is 65.9 Å². The number of para-hydroxylation sites is 2. The van der Waals surface area contributed by atoms with Crippen LogP contribution in [0, 0.1) is 0 Å². The van der Waals surface area contributed by atoms with Gasteiger partial charge in [0.15, 0.2) is 5.76 Å². The maximum atomic E-state index is 12.5. The van der Waals surface area contributed by atoms with Gasteiger partial charge in [-0.3, -0.25) is 9.59 Å². The van der Waals surface area contributed by atoms with Gasteiger partial charge in [-0.15, -0.1) is 0 Å². The summed E-state index contributed by atoms with van der Waals surface area (Å²) in [6.45, 7) is 5.71. The summed E-state index contributed by atoms with van der Waals surface area (Å²) in [7, 11) is 0. The third-order valence-electron chi connectivity index (χ3n) is 3.56. The topological polar surface area (TPSA) is 71.3 Å². The minimum absolute atomic E-state index is 0.201. The van der Waals surface area contributed by atoms with E-state index in [9.17, 15) is 9.59 Å². The largest absolute Gasteiger partial charge is 0.451 e. The molecular weight excluding hydrogens is 316 g/mol. The van der Waals surface area contributed by atoms with E-state index in [1.54, 1.807) is 36.4 Å². The van der Waals surface area contributed by atoms with Gasteiger partial charge < -0.3 is 15.1 Å². The molecule has 5 nitrogen and oxygen atoms in total. The van der Waals surface area contributed by atoms with Crippen LogP contribution in [0.1, 0.15) is 41.7 Å². The number of amides is 2. The summed E-state index contributed by atoms with van der Waals surface area (Å²) in [5.74, 6) is -0.438. The molecule has 0 unspecified atom stereocenters. The molecule has 1 heterocycles. The van der Waals surface area contributed by atoms with Crippen molar-refractivity contribution in [3.63, 3.8) is 0 Å². The molecule has 0 saturated carbocycles. The number of furan rings is 1. The van der Waals surface area contributed by atoms with Gasteiger partial charge in [-0.2, -0.15) is 0 Å². The normalized spacial score (nSPS) is 11.3. The van der Waals surface area contributed by atoms with E-state index in [1.165, 1.54) is 0 Å². The fourth-order valence-electron chi connectivity index (χ4n) is 2.48. The Hall–Kier alpha value is -3.08. The summed E-state index contributed by atoms with van der Waals surface area (Å²) in [5, 5.41) is 6.51. The van der Waals surface area contributed by atoms with Crippen LogP contribution in [0.4, 0.5) is 5.69 Å². The number of carbonyl (C=O) groups is 2. The Morgan fingerprint density at radius 1 is 0.920 bits per heavy atom. The van der Waals surface area contributed by atoms with E-state index in [0.29, 0.717) is 16.8 Å². The van der Waals surface area contributed by atoms with Crippen LogP contribution in [0.15, 0.2) is 59.0 Å². The molecule has 2 amide bonds. The lowest BCUT2D eigenvalue weighted by atomic mass is 10.1. The fraction of sp³-hybridized carbons (Fsp3) is 0.200. The van der Waals surface area contributed by atoms with Gasteiger partial charge in [0.2, 0.25) is 0 Å². The molecule has 3 aromatic rings. The molecule has 0 aliphatic heterocycles. The molecule has 1 aromatic heterocycles. The van der Waals surface area contributed by atoms with Crippen molar-refractivity contribution in [2.24, 2.45) is 0 Å². The Kier molecular flexibility index (Phi) is 4.31. The first-order chi connectivity index (χ1) is 11.8. The average molecular weight is 336 g/mol. The number of nitrogens with one attached hydrogen (secondary N) is 2. The molecule has 5 heteroatoms. The van der Waals surface area contributed by atoms with E-state index < -0.39 is 5.91 Å². The van der Waals surface area contributed by atoms with E-state index in [2.05, 4.69) is 10.6 Å². The molecule has 0 fully saturated rings. The molecule has 0 atom stereocenters. The lowest BCUT2D eigenvalue weighted by Crippen LogP contribution is -2.40. The molecule has 25 heavy (non-hydrogen) atoms. The van der Waals surface area contributed by atoms with Gasteiger partial charge in [0, 0.05) is 10.9 Å². The van der Waals surface area contributed by atoms with Gasteiger partial charge in [0.1, 0.15) is 5.58 Å². The Morgan fingerprint density at radius 2 is 1.60 bits per heavy atom. The molecule has 2 aromatic carbocycles. The summed E-state index contributed by atoms with van der Waals surface area (Å²) in [6.07, 6.45) is 0. The molecular formula is C20H20N2O3. The number of carbonyl (C=O) groups excluding carboxylic acids is 2. The van der Waals surface area contributed by atoms with Gasteiger partial charge in [0.05, 0.1) is 11.3 Å². The highest BCUT2D eigenvalue weighted by atomic mass is 16.3. The summed E-state index contributed by atoms with van der Waals surface area (Å²) in [5.41, 5.74) is 1.12. The van der Waals surface area contributed by atoms with Crippen LogP contribution >= 0.6 is 0 Å². The van der Waals surface area contributed by atoms with Crippen LogP contribution in [0.3, 0.4) is 0 Å². The molecule has 0 aliphatic carbocycles. The van der Waals surface area contributed by atoms with E-state index in [1.807, 2.05) is 39.0 Å².